The molecule has 2 nitrogen and oxygen atoms in total. The van der Waals surface area contributed by atoms with Crippen LogP contribution < -0.4 is 4.74 Å². The van der Waals surface area contributed by atoms with Crippen molar-refractivity contribution in [2.45, 2.75) is 39.2 Å². The summed E-state index contributed by atoms with van der Waals surface area (Å²) >= 11 is 0. The summed E-state index contributed by atoms with van der Waals surface area (Å²) in [7, 11) is 0. The molecule has 1 aromatic carbocycles. The lowest BCUT2D eigenvalue weighted by atomic mass is 10.0. The van der Waals surface area contributed by atoms with Crippen molar-refractivity contribution >= 4 is 0 Å². The van der Waals surface area contributed by atoms with Crippen molar-refractivity contribution in [1.29, 1.82) is 0 Å². The van der Waals surface area contributed by atoms with E-state index in [9.17, 15) is 0 Å². The van der Waals surface area contributed by atoms with E-state index in [1.165, 1.54) is 5.56 Å². The minimum Gasteiger partial charge on any atom is -0.490 e. The number of aryl methyl sites for hydroxylation is 1. The zero-order valence-corrected chi connectivity index (χ0v) is 9.57. The Balaban J connectivity index is 0.000000531. The molecule has 0 saturated carbocycles. The van der Waals surface area contributed by atoms with Crippen molar-refractivity contribution in [2.24, 2.45) is 0 Å². The molecule has 15 heavy (non-hydrogen) atoms. The number of hydrogen-bond acceptors (Lipinski definition) is 2. The normalized spacial score (nSPS) is 18.2. The van der Waals surface area contributed by atoms with Crippen molar-refractivity contribution in [3.63, 3.8) is 0 Å². The van der Waals surface area contributed by atoms with Crippen LogP contribution in [0.1, 0.15) is 32.3 Å². The number of rotatable bonds is 2. The van der Waals surface area contributed by atoms with Crippen molar-refractivity contribution < 1.29 is 9.84 Å². The summed E-state index contributed by atoms with van der Waals surface area (Å²) in [4.78, 5) is 0. The summed E-state index contributed by atoms with van der Waals surface area (Å²) in [6.45, 7) is 4.22. The molecule has 1 heterocycles. The summed E-state index contributed by atoms with van der Waals surface area (Å²) in [5.41, 5.74) is 1.29. The summed E-state index contributed by atoms with van der Waals surface area (Å²) in [6, 6.07) is 8.12. The fourth-order valence-electron chi connectivity index (χ4n) is 1.73. The maximum absolute atomic E-state index is 8.79. The summed E-state index contributed by atoms with van der Waals surface area (Å²) in [6.07, 6.45) is 3.05. The van der Waals surface area contributed by atoms with E-state index in [-0.39, 0.29) is 12.7 Å². The number of hydrogen-bond donors (Lipinski definition) is 1. The van der Waals surface area contributed by atoms with Crippen LogP contribution >= 0.6 is 0 Å². The van der Waals surface area contributed by atoms with E-state index in [2.05, 4.69) is 6.07 Å². The topological polar surface area (TPSA) is 29.5 Å². The van der Waals surface area contributed by atoms with Gasteiger partial charge in [-0.15, -0.1) is 0 Å². The molecule has 2 heteroatoms. The highest BCUT2D eigenvalue weighted by Gasteiger charge is 2.18. The Morgan fingerprint density at radius 1 is 1.33 bits per heavy atom. The maximum atomic E-state index is 8.79. The number of benzene rings is 1. The van der Waals surface area contributed by atoms with Gasteiger partial charge in [-0.25, -0.2) is 0 Å². The summed E-state index contributed by atoms with van der Waals surface area (Å²) in [5.74, 6) is 0.993. The second kappa shape index (κ2) is 6.46. The Bertz CT molecular complexity index is 284. The van der Waals surface area contributed by atoms with Gasteiger partial charge < -0.3 is 9.84 Å². The van der Waals surface area contributed by atoms with Crippen LogP contribution in [0.2, 0.25) is 0 Å². The van der Waals surface area contributed by atoms with Gasteiger partial charge in [0.1, 0.15) is 11.9 Å². The first-order valence-electron chi connectivity index (χ1n) is 5.75. The van der Waals surface area contributed by atoms with E-state index in [0.29, 0.717) is 0 Å². The molecule has 0 fully saturated rings. The van der Waals surface area contributed by atoms with Crippen molar-refractivity contribution in [2.75, 3.05) is 6.61 Å². The third-order valence-corrected chi connectivity index (χ3v) is 2.45. The van der Waals surface area contributed by atoms with Crippen LogP contribution in [0.25, 0.3) is 0 Å². The van der Waals surface area contributed by atoms with Gasteiger partial charge in [-0.2, -0.15) is 0 Å². The molecule has 1 N–H and O–H groups in total. The standard InChI is InChI=1S/C11H14O2.C2H6/c12-8-7-10-6-5-9-3-1-2-4-11(9)13-10;1-2/h1-4,10,12H,5-8H2;1-2H3. The molecule has 1 atom stereocenters. The highest BCUT2D eigenvalue weighted by atomic mass is 16.5. The molecule has 0 amide bonds. The lowest BCUT2D eigenvalue weighted by Gasteiger charge is -2.25. The fourth-order valence-corrected chi connectivity index (χ4v) is 1.73. The minimum atomic E-state index is 0.208. The van der Waals surface area contributed by atoms with Crippen LogP contribution in [-0.2, 0) is 6.42 Å². The molecule has 1 unspecified atom stereocenters. The smallest absolute Gasteiger partial charge is 0.122 e. The molecule has 1 aliphatic heterocycles. The van der Waals surface area contributed by atoms with Gasteiger partial charge in [-0.3, -0.25) is 0 Å². The Kier molecular flexibility index (Phi) is 5.19. The molecule has 1 aromatic rings. The molecule has 84 valence electrons. The van der Waals surface area contributed by atoms with E-state index >= 15 is 0 Å². The van der Waals surface area contributed by atoms with Crippen molar-refractivity contribution in [3.05, 3.63) is 29.8 Å². The highest BCUT2D eigenvalue weighted by molar-refractivity contribution is 5.34. The van der Waals surface area contributed by atoms with Gasteiger partial charge in [0.2, 0.25) is 0 Å². The predicted molar refractivity (Wildman–Crippen MR) is 62.2 cm³/mol. The molecule has 0 aromatic heterocycles. The van der Waals surface area contributed by atoms with Gasteiger partial charge in [0, 0.05) is 13.0 Å². The van der Waals surface area contributed by atoms with E-state index in [0.717, 1.165) is 25.0 Å². The molecule has 0 aliphatic carbocycles. The molecular formula is C13H20O2. The summed E-state index contributed by atoms with van der Waals surface area (Å²) in [5, 5.41) is 8.79. The zero-order chi connectivity index (χ0) is 11.1. The lowest BCUT2D eigenvalue weighted by molar-refractivity contribution is 0.134. The molecule has 0 bridgehead atoms. The van der Waals surface area contributed by atoms with Crippen LogP contribution in [0.5, 0.6) is 5.75 Å². The maximum Gasteiger partial charge on any atom is 0.122 e. The molecule has 0 saturated heterocycles. The Hall–Kier alpha value is -1.02. The van der Waals surface area contributed by atoms with Gasteiger partial charge >= 0.3 is 0 Å². The van der Waals surface area contributed by atoms with Crippen molar-refractivity contribution in [3.8, 4) is 5.75 Å². The van der Waals surface area contributed by atoms with Gasteiger partial charge in [0.15, 0.2) is 0 Å². The first kappa shape index (κ1) is 12.1. The average Bonchev–Trinajstić information content (AvgIpc) is 2.32. The fraction of sp³-hybridized carbons (Fsp3) is 0.538. The largest absolute Gasteiger partial charge is 0.490 e. The third kappa shape index (κ3) is 3.24. The Morgan fingerprint density at radius 3 is 2.80 bits per heavy atom. The second-order valence-electron chi connectivity index (χ2n) is 3.40. The number of fused-ring (bicyclic) bond motifs is 1. The van der Waals surface area contributed by atoms with E-state index in [1.807, 2.05) is 32.0 Å². The van der Waals surface area contributed by atoms with Gasteiger partial charge in [0.05, 0.1) is 0 Å². The van der Waals surface area contributed by atoms with Gasteiger partial charge in [-0.1, -0.05) is 32.0 Å². The van der Waals surface area contributed by atoms with Crippen LogP contribution in [0.4, 0.5) is 0 Å². The molecular weight excluding hydrogens is 188 g/mol. The molecule has 2 rings (SSSR count). The van der Waals surface area contributed by atoms with Crippen LogP contribution in [-0.4, -0.2) is 17.8 Å². The number of ether oxygens (including phenoxy) is 1. The number of para-hydroxylation sites is 1. The Morgan fingerprint density at radius 2 is 2.07 bits per heavy atom. The van der Waals surface area contributed by atoms with Crippen LogP contribution in [0.15, 0.2) is 24.3 Å². The van der Waals surface area contributed by atoms with E-state index in [1.54, 1.807) is 0 Å². The first-order valence-corrected chi connectivity index (χ1v) is 5.75. The predicted octanol–water partition coefficient (Wildman–Crippen LogP) is 2.79. The average molecular weight is 208 g/mol. The monoisotopic (exact) mass is 208 g/mol. The SMILES string of the molecule is CC.OCCC1CCc2ccccc2O1. The third-order valence-electron chi connectivity index (χ3n) is 2.45. The molecule has 0 spiro atoms. The lowest BCUT2D eigenvalue weighted by Crippen LogP contribution is -2.23. The first-order chi connectivity index (χ1) is 7.40. The van der Waals surface area contributed by atoms with E-state index in [4.69, 9.17) is 9.84 Å². The van der Waals surface area contributed by atoms with Crippen LogP contribution in [0.3, 0.4) is 0 Å². The second-order valence-corrected chi connectivity index (χ2v) is 3.40. The Labute approximate surface area is 91.9 Å². The number of aliphatic hydroxyl groups is 1. The zero-order valence-electron chi connectivity index (χ0n) is 9.57. The quantitative estimate of drug-likeness (QED) is 0.809. The van der Waals surface area contributed by atoms with E-state index < -0.39 is 0 Å². The summed E-state index contributed by atoms with van der Waals surface area (Å²) < 4.78 is 5.71. The van der Waals surface area contributed by atoms with Crippen LogP contribution in [0, 0.1) is 0 Å². The van der Waals surface area contributed by atoms with Gasteiger partial charge in [-0.05, 0) is 24.5 Å². The molecule has 0 radical (unpaired) electrons. The highest BCUT2D eigenvalue weighted by Crippen LogP contribution is 2.27. The van der Waals surface area contributed by atoms with Gasteiger partial charge in [0.25, 0.3) is 0 Å². The van der Waals surface area contributed by atoms with Crippen molar-refractivity contribution in [1.82, 2.24) is 0 Å². The number of aliphatic hydroxyl groups excluding tert-OH is 1. The molecule has 1 aliphatic rings. The minimum absolute atomic E-state index is 0.208.